The van der Waals surface area contributed by atoms with Crippen molar-refractivity contribution in [2.75, 3.05) is 6.61 Å². The molecule has 1 aromatic heterocycles. The number of esters is 2. The van der Waals surface area contributed by atoms with E-state index in [0.29, 0.717) is 18.2 Å². The summed E-state index contributed by atoms with van der Waals surface area (Å²) >= 11 is 0. The second kappa shape index (κ2) is 5.09. The van der Waals surface area contributed by atoms with Gasteiger partial charge in [-0.15, -0.1) is 0 Å². The predicted octanol–water partition coefficient (Wildman–Crippen LogP) is 2.53. The lowest BCUT2D eigenvalue weighted by molar-refractivity contribution is -0.157. The Hall–Kier alpha value is -1.35. The fourth-order valence-corrected chi connectivity index (χ4v) is 3.85. The average molecular weight is 323 g/mol. The molecule has 3 rings (SSSR count). The molecule has 5 nitrogen and oxygen atoms in total. The molecule has 2 aliphatic rings. The van der Waals surface area contributed by atoms with Gasteiger partial charge in [0, 0.05) is 11.6 Å². The first-order valence-corrected chi connectivity index (χ1v) is 8.15. The summed E-state index contributed by atoms with van der Waals surface area (Å²) in [5.41, 5.74) is 2.28. The third-order valence-corrected chi connectivity index (χ3v) is 4.89. The summed E-state index contributed by atoms with van der Waals surface area (Å²) in [5.74, 6) is 0.0113. The van der Waals surface area contributed by atoms with Crippen molar-refractivity contribution in [3.63, 3.8) is 0 Å². The minimum Gasteiger partial charge on any atom is -0.461 e. The average Bonchev–Trinajstić information content (AvgIpc) is 2.83. The molecule has 0 bridgehead atoms. The first-order valence-electron chi connectivity index (χ1n) is 7.64. The maximum atomic E-state index is 12.2. The fourth-order valence-electron chi connectivity index (χ4n) is 3.42. The minimum atomic E-state index is -0.459. The monoisotopic (exact) mass is 323 g/mol. The van der Waals surface area contributed by atoms with Gasteiger partial charge in [-0.25, -0.2) is 4.79 Å². The molecule has 0 radical (unpaired) electrons. The maximum Gasteiger partial charge on any atom is 0.355 e. The van der Waals surface area contributed by atoms with Crippen molar-refractivity contribution in [2.45, 2.75) is 45.6 Å². The Morgan fingerprint density at radius 1 is 1.41 bits per heavy atom. The molecule has 0 saturated heterocycles. The van der Waals surface area contributed by atoms with Crippen LogP contribution in [-0.4, -0.2) is 28.5 Å². The van der Waals surface area contributed by atoms with E-state index >= 15 is 0 Å². The summed E-state index contributed by atoms with van der Waals surface area (Å²) in [6.07, 6.45) is 0.812. The van der Waals surface area contributed by atoms with E-state index in [1.807, 2.05) is 31.2 Å². The Balaban J connectivity index is 1.78. The molecule has 120 valence electrons. The van der Waals surface area contributed by atoms with E-state index in [4.69, 9.17) is 9.47 Å². The molecule has 0 amide bonds. The molecular weight excluding hydrogens is 301 g/mol. The maximum absolute atomic E-state index is 12.2. The molecule has 0 spiro atoms. The second-order valence-corrected chi connectivity index (χ2v) is 7.49. The molecule has 0 aliphatic heterocycles. The van der Waals surface area contributed by atoms with E-state index in [1.165, 1.54) is 0 Å². The van der Waals surface area contributed by atoms with E-state index in [9.17, 15) is 9.59 Å². The van der Waals surface area contributed by atoms with Gasteiger partial charge >= 0.3 is 11.9 Å². The van der Waals surface area contributed by atoms with Crippen LogP contribution in [0.4, 0.5) is 0 Å². The number of nitrogens with zero attached hydrogens (tertiary/aromatic N) is 1. The van der Waals surface area contributed by atoms with Gasteiger partial charge in [0.05, 0.1) is 12.5 Å². The van der Waals surface area contributed by atoms with Gasteiger partial charge in [0.25, 0.3) is 0 Å². The number of hydrogen-bond acceptors (Lipinski definition) is 4. The lowest BCUT2D eigenvalue weighted by Gasteiger charge is -2.20. The Kier molecular flexibility index (Phi) is 3.59. The summed E-state index contributed by atoms with van der Waals surface area (Å²) in [7, 11) is 2.57. The first kappa shape index (κ1) is 15.5. The number of aromatic nitrogens is 1. The van der Waals surface area contributed by atoms with Gasteiger partial charge in [0.15, 0.2) is 0 Å². The van der Waals surface area contributed by atoms with E-state index in [-0.39, 0.29) is 23.8 Å². The van der Waals surface area contributed by atoms with Gasteiger partial charge in [-0.1, -0.05) is 0 Å². The highest BCUT2D eigenvalue weighted by atomic mass is 31.0. The van der Waals surface area contributed by atoms with E-state index in [0.717, 1.165) is 17.7 Å². The highest BCUT2D eigenvalue weighted by Gasteiger charge is 2.61. The van der Waals surface area contributed by atoms with Crippen molar-refractivity contribution in [2.24, 2.45) is 11.8 Å². The molecule has 1 heterocycles. The Bertz CT molecular complexity index is 643. The van der Waals surface area contributed by atoms with Crippen LogP contribution in [0.25, 0.3) is 0 Å². The van der Waals surface area contributed by atoms with Crippen molar-refractivity contribution < 1.29 is 19.1 Å². The highest BCUT2D eigenvalue weighted by molar-refractivity contribution is 7.14. The summed E-state index contributed by atoms with van der Waals surface area (Å²) < 4.78 is 12.4. The van der Waals surface area contributed by atoms with Gasteiger partial charge in [0.1, 0.15) is 11.3 Å². The van der Waals surface area contributed by atoms with Gasteiger partial charge < -0.3 is 13.8 Å². The molecule has 22 heavy (non-hydrogen) atoms. The summed E-state index contributed by atoms with van der Waals surface area (Å²) in [5, 5.41) is 0. The second-order valence-electron chi connectivity index (χ2n) is 6.98. The number of carbonyl (C=O) groups excluding carboxylic acids is 2. The molecule has 4 atom stereocenters. The summed E-state index contributed by atoms with van der Waals surface area (Å²) in [6.45, 7) is 7.79. The van der Waals surface area contributed by atoms with E-state index in [1.54, 1.807) is 6.92 Å². The SMILES string of the molecule is CCOC(=O)c1cc2c(n1P)CC1C(C(=O)OC(C)(C)C)C21. The van der Waals surface area contributed by atoms with Crippen LogP contribution >= 0.6 is 9.39 Å². The minimum absolute atomic E-state index is 0.0610. The molecule has 1 aromatic rings. The zero-order valence-electron chi connectivity index (χ0n) is 13.4. The standard InChI is InChI=1S/C16H22NO4P/c1-5-20-14(18)11-6-8-10(17(11)22)7-9-12(8)13(9)15(19)21-16(2,3)4/h6,9,12-13H,5,7,22H2,1-4H3. The van der Waals surface area contributed by atoms with Crippen LogP contribution in [0.1, 0.15) is 55.4 Å². The van der Waals surface area contributed by atoms with Crippen LogP contribution in [0.15, 0.2) is 6.07 Å². The van der Waals surface area contributed by atoms with Gasteiger partial charge in [-0.2, -0.15) is 0 Å². The van der Waals surface area contributed by atoms with Crippen molar-refractivity contribution in [1.82, 2.24) is 4.34 Å². The van der Waals surface area contributed by atoms with Gasteiger partial charge in [-0.05, 0) is 61.1 Å². The summed E-state index contributed by atoms with van der Waals surface area (Å²) in [4.78, 5) is 24.2. The van der Waals surface area contributed by atoms with Crippen molar-refractivity contribution in [3.05, 3.63) is 23.0 Å². The van der Waals surface area contributed by atoms with Crippen LogP contribution in [0.2, 0.25) is 0 Å². The Morgan fingerprint density at radius 3 is 2.68 bits per heavy atom. The van der Waals surface area contributed by atoms with Crippen molar-refractivity contribution >= 4 is 21.3 Å². The third kappa shape index (κ3) is 2.45. The largest absolute Gasteiger partial charge is 0.461 e. The quantitative estimate of drug-likeness (QED) is 0.633. The van der Waals surface area contributed by atoms with Crippen molar-refractivity contribution in [1.29, 1.82) is 0 Å². The number of carbonyl (C=O) groups is 2. The topological polar surface area (TPSA) is 57.5 Å². The fraction of sp³-hybridized carbons (Fsp3) is 0.625. The number of rotatable bonds is 3. The highest BCUT2D eigenvalue weighted by Crippen LogP contribution is 2.62. The number of hydrogen-bond donors (Lipinski definition) is 0. The normalized spacial score (nSPS) is 25.4. The molecule has 6 heteroatoms. The first-order chi connectivity index (χ1) is 10.2. The van der Waals surface area contributed by atoms with E-state index < -0.39 is 5.60 Å². The molecule has 0 aromatic carbocycles. The number of fused-ring (bicyclic) bond motifs is 3. The van der Waals surface area contributed by atoms with E-state index in [2.05, 4.69) is 9.39 Å². The molecular formula is C16H22NO4P. The van der Waals surface area contributed by atoms with Crippen LogP contribution in [0, 0.1) is 11.8 Å². The van der Waals surface area contributed by atoms with Crippen LogP contribution in [0.5, 0.6) is 0 Å². The van der Waals surface area contributed by atoms with Gasteiger partial charge in [-0.3, -0.25) is 4.79 Å². The molecule has 1 saturated carbocycles. The van der Waals surface area contributed by atoms with Gasteiger partial charge in [0.2, 0.25) is 0 Å². The van der Waals surface area contributed by atoms with Crippen LogP contribution in [-0.2, 0) is 20.7 Å². The molecule has 1 fully saturated rings. The van der Waals surface area contributed by atoms with Crippen LogP contribution < -0.4 is 0 Å². The zero-order valence-corrected chi connectivity index (χ0v) is 14.5. The third-order valence-electron chi connectivity index (χ3n) is 4.30. The lowest BCUT2D eigenvalue weighted by atomic mass is 10.1. The Labute approximate surface area is 132 Å². The Morgan fingerprint density at radius 2 is 2.09 bits per heavy atom. The molecule has 4 unspecified atom stereocenters. The van der Waals surface area contributed by atoms with Crippen molar-refractivity contribution in [3.8, 4) is 0 Å². The zero-order chi connectivity index (χ0) is 16.2. The summed E-state index contributed by atoms with van der Waals surface area (Å²) in [6, 6.07) is 1.87. The predicted molar refractivity (Wildman–Crippen MR) is 84.8 cm³/mol. The lowest BCUT2D eigenvalue weighted by Crippen LogP contribution is -2.26. The van der Waals surface area contributed by atoms with Crippen LogP contribution in [0.3, 0.4) is 0 Å². The molecule has 0 N–H and O–H groups in total. The smallest absolute Gasteiger partial charge is 0.355 e. The number of ether oxygens (including phenoxy) is 2. The molecule has 2 aliphatic carbocycles.